The number of amides is 1. The molecular formula is C14H16BrCl2NO. The summed E-state index contributed by atoms with van der Waals surface area (Å²) in [7, 11) is 0. The van der Waals surface area contributed by atoms with Gasteiger partial charge in [0.1, 0.15) is 0 Å². The molecule has 5 heteroatoms. The Morgan fingerprint density at radius 2 is 2.05 bits per heavy atom. The van der Waals surface area contributed by atoms with Crippen LogP contribution in [-0.4, -0.2) is 29.2 Å². The molecule has 1 aliphatic heterocycles. The van der Waals surface area contributed by atoms with Gasteiger partial charge in [0, 0.05) is 18.4 Å². The summed E-state index contributed by atoms with van der Waals surface area (Å²) in [6.45, 7) is 1.59. The lowest BCUT2D eigenvalue weighted by Gasteiger charge is -2.33. The van der Waals surface area contributed by atoms with Gasteiger partial charge in [0.25, 0.3) is 5.91 Å². The summed E-state index contributed by atoms with van der Waals surface area (Å²) < 4.78 is 0. The maximum atomic E-state index is 12.5. The molecule has 0 bridgehead atoms. The normalized spacial score (nSPS) is 19.5. The topological polar surface area (TPSA) is 20.3 Å². The molecule has 2 nitrogen and oxygen atoms in total. The summed E-state index contributed by atoms with van der Waals surface area (Å²) in [6, 6.07) is 5.17. The number of likely N-dealkylation sites (tertiary alicyclic amines) is 1. The molecule has 1 unspecified atom stereocenters. The number of carbonyl (C=O) groups excluding carboxylic acids is 1. The Morgan fingerprint density at radius 1 is 1.37 bits per heavy atom. The second kappa shape index (κ2) is 6.96. The second-order valence-electron chi connectivity index (χ2n) is 4.83. The Hall–Kier alpha value is -0.250. The number of rotatable bonds is 3. The van der Waals surface area contributed by atoms with Crippen LogP contribution in [-0.2, 0) is 0 Å². The minimum atomic E-state index is -0.0464. The minimum absolute atomic E-state index is 0.0464. The van der Waals surface area contributed by atoms with E-state index in [0.29, 0.717) is 21.5 Å². The average Bonchev–Trinajstić information content (AvgIpc) is 2.39. The van der Waals surface area contributed by atoms with Gasteiger partial charge in [0.15, 0.2) is 0 Å². The third-order valence-corrected chi connectivity index (χ3v) is 4.59. The van der Waals surface area contributed by atoms with Crippen LogP contribution in [0.2, 0.25) is 10.0 Å². The highest BCUT2D eigenvalue weighted by Crippen LogP contribution is 2.28. The van der Waals surface area contributed by atoms with E-state index in [0.717, 1.165) is 31.3 Å². The maximum absolute atomic E-state index is 12.5. The maximum Gasteiger partial charge on any atom is 0.256 e. The Labute approximate surface area is 132 Å². The number of hydrogen-bond donors (Lipinski definition) is 0. The zero-order valence-corrected chi connectivity index (χ0v) is 13.6. The molecule has 1 saturated heterocycles. The number of hydrogen-bond acceptors (Lipinski definition) is 1. The summed E-state index contributed by atoms with van der Waals surface area (Å²) in [5.74, 6) is 0.521. The molecule has 1 aromatic carbocycles. The monoisotopic (exact) mass is 363 g/mol. The summed E-state index contributed by atoms with van der Waals surface area (Å²) in [4.78, 5) is 14.4. The first-order valence-corrected chi connectivity index (χ1v) is 8.30. The number of carbonyl (C=O) groups is 1. The van der Waals surface area contributed by atoms with Crippen LogP contribution in [0.3, 0.4) is 0 Å². The van der Waals surface area contributed by atoms with Gasteiger partial charge < -0.3 is 4.90 Å². The molecule has 0 spiro atoms. The molecule has 1 amide bonds. The largest absolute Gasteiger partial charge is 0.338 e. The molecule has 19 heavy (non-hydrogen) atoms. The second-order valence-corrected chi connectivity index (χ2v) is 6.44. The molecule has 1 aromatic rings. The molecular weight excluding hydrogens is 349 g/mol. The van der Waals surface area contributed by atoms with E-state index in [1.54, 1.807) is 18.2 Å². The SMILES string of the molecule is O=C(c1c(Cl)cccc1Cl)N1CCCC(CCBr)C1. The fourth-order valence-electron chi connectivity index (χ4n) is 2.50. The molecule has 0 saturated carbocycles. The zero-order valence-electron chi connectivity index (χ0n) is 10.5. The molecule has 0 aromatic heterocycles. The third-order valence-electron chi connectivity index (χ3n) is 3.50. The van der Waals surface area contributed by atoms with Crippen molar-refractivity contribution in [1.29, 1.82) is 0 Å². The van der Waals surface area contributed by atoms with Crippen molar-refractivity contribution in [2.24, 2.45) is 5.92 Å². The van der Waals surface area contributed by atoms with E-state index in [-0.39, 0.29) is 5.91 Å². The predicted molar refractivity (Wildman–Crippen MR) is 83.5 cm³/mol. The molecule has 2 rings (SSSR count). The van der Waals surface area contributed by atoms with E-state index < -0.39 is 0 Å². The molecule has 0 aliphatic carbocycles. The van der Waals surface area contributed by atoms with E-state index in [1.807, 2.05) is 4.90 Å². The van der Waals surface area contributed by atoms with Gasteiger partial charge in [-0.2, -0.15) is 0 Å². The van der Waals surface area contributed by atoms with Crippen LogP contribution in [0.1, 0.15) is 29.6 Å². The zero-order chi connectivity index (χ0) is 13.8. The van der Waals surface area contributed by atoms with Crippen LogP contribution >= 0.6 is 39.1 Å². The highest BCUT2D eigenvalue weighted by atomic mass is 79.9. The van der Waals surface area contributed by atoms with Crippen molar-refractivity contribution >= 4 is 45.0 Å². The fourth-order valence-corrected chi connectivity index (χ4v) is 3.71. The van der Waals surface area contributed by atoms with Gasteiger partial charge in [-0.25, -0.2) is 0 Å². The van der Waals surface area contributed by atoms with Crippen molar-refractivity contribution in [1.82, 2.24) is 4.90 Å². The number of halogens is 3. The van der Waals surface area contributed by atoms with Gasteiger partial charge in [-0.05, 0) is 37.3 Å². The quantitative estimate of drug-likeness (QED) is 0.716. The molecule has 0 N–H and O–H groups in total. The molecule has 1 aliphatic rings. The highest BCUT2D eigenvalue weighted by Gasteiger charge is 2.26. The van der Waals surface area contributed by atoms with Crippen LogP contribution in [0.15, 0.2) is 18.2 Å². The Bertz CT molecular complexity index is 445. The van der Waals surface area contributed by atoms with Crippen LogP contribution in [0.5, 0.6) is 0 Å². The first-order valence-electron chi connectivity index (χ1n) is 6.42. The fraction of sp³-hybridized carbons (Fsp3) is 0.500. The average molecular weight is 365 g/mol. The summed E-state index contributed by atoms with van der Waals surface area (Å²) in [5, 5.41) is 1.84. The lowest BCUT2D eigenvalue weighted by Crippen LogP contribution is -2.40. The first-order chi connectivity index (χ1) is 9.13. The molecule has 0 radical (unpaired) electrons. The first kappa shape index (κ1) is 15.1. The van der Waals surface area contributed by atoms with Gasteiger partial charge in [0.05, 0.1) is 15.6 Å². The summed E-state index contributed by atoms with van der Waals surface area (Å²) in [6.07, 6.45) is 3.33. The van der Waals surface area contributed by atoms with Crippen LogP contribution < -0.4 is 0 Å². The lowest BCUT2D eigenvalue weighted by atomic mass is 9.95. The van der Waals surface area contributed by atoms with Crippen molar-refractivity contribution < 1.29 is 4.79 Å². The molecule has 1 atom stereocenters. The van der Waals surface area contributed by atoms with Crippen LogP contribution in [0.25, 0.3) is 0 Å². The van der Waals surface area contributed by atoms with Crippen molar-refractivity contribution in [3.63, 3.8) is 0 Å². The number of alkyl halides is 1. The van der Waals surface area contributed by atoms with Gasteiger partial charge in [-0.15, -0.1) is 0 Å². The minimum Gasteiger partial charge on any atom is -0.338 e. The summed E-state index contributed by atoms with van der Waals surface area (Å²) in [5.41, 5.74) is 0.435. The summed E-state index contributed by atoms with van der Waals surface area (Å²) >= 11 is 15.7. The highest BCUT2D eigenvalue weighted by molar-refractivity contribution is 9.09. The van der Waals surface area contributed by atoms with E-state index >= 15 is 0 Å². The van der Waals surface area contributed by atoms with E-state index in [1.165, 1.54) is 6.42 Å². The van der Waals surface area contributed by atoms with E-state index in [9.17, 15) is 4.79 Å². The molecule has 1 heterocycles. The Balaban J connectivity index is 2.15. The molecule has 1 fully saturated rings. The Kier molecular flexibility index (Phi) is 5.55. The van der Waals surface area contributed by atoms with Crippen molar-refractivity contribution in [3.8, 4) is 0 Å². The van der Waals surface area contributed by atoms with Crippen molar-refractivity contribution in [2.45, 2.75) is 19.3 Å². The third kappa shape index (κ3) is 3.65. The van der Waals surface area contributed by atoms with Gasteiger partial charge in [0.2, 0.25) is 0 Å². The van der Waals surface area contributed by atoms with Gasteiger partial charge >= 0.3 is 0 Å². The number of benzene rings is 1. The standard InChI is InChI=1S/C14H16BrCl2NO/c15-7-6-10-3-2-8-18(9-10)14(19)13-11(16)4-1-5-12(13)17/h1,4-5,10H,2-3,6-9H2. The van der Waals surface area contributed by atoms with Crippen LogP contribution in [0, 0.1) is 5.92 Å². The van der Waals surface area contributed by atoms with Gasteiger partial charge in [-0.1, -0.05) is 45.2 Å². The van der Waals surface area contributed by atoms with E-state index in [2.05, 4.69) is 15.9 Å². The lowest BCUT2D eigenvalue weighted by molar-refractivity contribution is 0.0672. The van der Waals surface area contributed by atoms with E-state index in [4.69, 9.17) is 23.2 Å². The predicted octanol–water partition coefficient (Wildman–Crippen LogP) is 4.63. The number of piperidine rings is 1. The van der Waals surface area contributed by atoms with Crippen molar-refractivity contribution in [3.05, 3.63) is 33.8 Å². The van der Waals surface area contributed by atoms with Crippen LogP contribution in [0.4, 0.5) is 0 Å². The number of nitrogens with zero attached hydrogens (tertiary/aromatic N) is 1. The smallest absolute Gasteiger partial charge is 0.256 e. The van der Waals surface area contributed by atoms with Crippen molar-refractivity contribution in [2.75, 3.05) is 18.4 Å². The molecule has 104 valence electrons. The Morgan fingerprint density at radius 3 is 2.68 bits per heavy atom. The van der Waals surface area contributed by atoms with Gasteiger partial charge in [-0.3, -0.25) is 4.79 Å².